The highest BCUT2D eigenvalue weighted by Crippen LogP contribution is 2.28. The van der Waals surface area contributed by atoms with Gasteiger partial charge in [0.15, 0.2) is 0 Å². The second kappa shape index (κ2) is 7.75. The van der Waals surface area contributed by atoms with Crippen molar-refractivity contribution in [1.82, 2.24) is 24.8 Å². The van der Waals surface area contributed by atoms with Crippen LogP contribution in [0.5, 0.6) is 5.88 Å². The second-order valence-corrected chi connectivity index (χ2v) is 6.92. The van der Waals surface area contributed by atoms with Crippen LogP contribution in [0.2, 0.25) is 0 Å². The zero-order valence-electron chi connectivity index (χ0n) is 15.9. The lowest BCUT2D eigenvalue weighted by Gasteiger charge is -2.36. The minimum Gasteiger partial charge on any atom is -0.474 e. The average Bonchev–Trinajstić information content (AvgIpc) is 2.73. The summed E-state index contributed by atoms with van der Waals surface area (Å²) in [6.45, 7) is 6.70. The molecular weight excluding hydrogens is 356 g/mol. The van der Waals surface area contributed by atoms with Crippen molar-refractivity contribution < 1.29 is 9.53 Å². The molecular formula is C20H22N6O2. The molecule has 0 radical (unpaired) electrons. The van der Waals surface area contributed by atoms with Crippen molar-refractivity contribution in [2.75, 3.05) is 31.1 Å². The summed E-state index contributed by atoms with van der Waals surface area (Å²) in [5, 5.41) is 0.895. The van der Waals surface area contributed by atoms with Gasteiger partial charge in [-0.1, -0.05) is 0 Å². The Hall–Kier alpha value is -3.29. The molecule has 28 heavy (non-hydrogen) atoms. The summed E-state index contributed by atoms with van der Waals surface area (Å²) in [4.78, 5) is 33.3. The lowest BCUT2D eigenvalue weighted by molar-refractivity contribution is 0.0740. The van der Waals surface area contributed by atoms with Gasteiger partial charge < -0.3 is 14.5 Å². The van der Waals surface area contributed by atoms with E-state index in [1.165, 1.54) is 18.7 Å². The first-order chi connectivity index (χ1) is 13.6. The number of rotatable bonds is 4. The van der Waals surface area contributed by atoms with Gasteiger partial charge in [0.25, 0.3) is 5.91 Å². The Labute approximate surface area is 163 Å². The van der Waals surface area contributed by atoms with Crippen molar-refractivity contribution in [2.45, 2.75) is 20.0 Å². The number of hydrogen-bond donors (Lipinski definition) is 0. The number of benzene rings is 1. The lowest BCUT2D eigenvalue weighted by Crippen LogP contribution is -2.49. The molecule has 8 nitrogen and oxygen atoms in total. The Morgan fingerprint density at radius 3 is 2.61 bits per heavy atom. The zero-order chi connectivity index (χ0) is 19.5. The number of carbonyl (C=O) groups is 1. The maximum absolute atomic E-state index is 12.5. The molecule has 1 aliphatic rings. The van der Waals surface area contributed by atoms with Crippen molar-refractivity contribution in [3.63, 3.8) is 0 Å². The Bertz CT molecular complexity index is 971. The molecule has 3 heterocycles. The summed E-state index contributed by atoms with van der Waals surface area (Å²) in [6, 6.07) is 6.10. The number of piperazine rings is 1. The second-order valence-electron chi connectivity index (χ2n) is 6.92. The maximum atomic E-state index is 12.5. The van der Waals surface area contributed by atoms with E-state index < -0.39 is 0 Å². The van der Waals surface area contributed by atoms with Crippen molar-refractivity contribution in [3.8, 4) is 5.88 Å². The zero-order valence-corrected chi connectivity index (χ0v) is 15.9. The van der Waals surface area contributed by atoms with Crippen LogP contribution in [0.4, 0.5) is 5.69 Å². The minimum absolute atomic E-state index is 0.0393. The largest absolute Gasteiger partial charge is 0.474 e. The van der Waals surface area contributed by atoms with Gasteiger partial charge in [0.05, 0.1) is 23.2 Å². The van der Waals surface area contributed by atoms with Gasteiger partial charge >= 0.3 is 0 Å². The van der Waals surface area contributed by atoms with E-state index in [0.29, 0.717) is 24.7 Å². The normalized spacial score (nSPS) is 14.5. The van der Waals surface area contributed by atoms with Crippen LogP contribution in [-0.2, 0) is 0 Å². The summed E-state index contributed by atoms with van der Waals surface area (Å²) in [7, 11) is 0. The average molecular weight is 378 g/mol. The fourth-order valence-electron chi connectivity index (χ4n) is 3.27. The molecule has 0 saturated carbocycles. The number of aromatic nitrogens is 4. The van der Waals surface area contributed by atoms with Crippen molar-refractivity contribution in [3.05, 3.63) is 48.8 Å². The summed E-state index contributed by atoms with van der Waals surface area (Å²) in [6.07, 6.45) is 6.18. The number of carbonyl (C=O) groups excluding carboxylic acids is 1. The van der Waals surface area contributed by atoms with Gasteiger partial charge in [0.1, 0.15) is 12.0 Å². The van der Waals surface area contributed by atoms with E-state index in [4.69, 9.17) is 4.74 Å². The molecule has 1 amide bonds. The summed E-state index contributed by atoms with van der Waals surface area (Å²) >= 11 is 0. The van der Waals surface area contributed by atoms with E-state index in [2.05, 4.69) is 37.0 Å². The van der Waals surface area contributed by atoms with Crippen LogP contribution in [0.3, 0.4) is 0 Å². The molecule has 0 spiro atoms. The van der Waals surface area contributed by atoms with Gasteiger partial charge in [-0.2, -0.15) is 0 Å². The van der Waals surface area contributed by atoms with Gasteiger partial charge in [-0.05, 0) is 32.0 Å². The molecule has 1 saturated heterocycles. The fraction of sp³-hybridized carbons (Fsp3) is 0.350. The van der Waals surface area contributed by atoms with Crippen LogP contribution >= 0.6 is 0 Å². The minimum atomic E-state index is -0.0766. The first-order valence-corrected chi connectivity index (χ1v) is 9.33. The van der Waals surface area contributed by atoms with Crippen molar-refractivity contribution in [1.29, 1.82) is 0 Å². The predicted molar refractivity (Wildman–Crippen MR) is 105 cm³/mol. The SMILES string of the molecule is CC(C)Oc1ncnc2ccc(N3CCN(C(=O)c4cnccn4)CC3)cc12. The molecule has 1 fully saturated rings. The summed E-state index contributed by atoms with van der Waals surface area (Å²) in [5.41, 5.74) is 2.31. The Morgan fingerprint density at radius 2 is 1.89 bits per heavy atom. The first-order valence-electron chi connectivity index (χ1n) is 9.33. The van der Waals surface area contributed by atoms with E-state index in [1.54, 1.807) is 6.20 Å². The standard InChI is InChI=1S/C20H22N6O2/c1-14(2)28-19-16-11-15(3-4-17(16)23-13-24-19)25-7-9-26(10-8-25)20(27)18-12-21-5-6-22-18/h3-6,11-14H,7-10H2,1-2H3. The third kappa shape index (κ3) is 3.71. The lowest BCUT2D eigenvalue weighted by atomic mass is 10.1. The fourth-order valence-corrected chi connectivity index (χ4v) is 3.27. The first kappa shape index (κ1) is 18.1. The van der Waals surface area contributed by atoms with E-state index in [0.717, 1.165) is 29.7 Å². The number of anilines is 1. The van der Waals surface area contributed by atoms with Gasteiger partial charge in [-0.15, -0.1) is 0 Å². The number of nitrogens with zero attached hydrogens (tertiary/aromatic N) is 6. The number of ether oxygens (including phenoxy) is 1. The molecule has 1 aromatic carbocycles. The summed E-state index contributed by atoms with van der Waals surface area (Å²) in [5.74, 6) is 0.519. The Morgan fingerprint density at radius 1 is 1.07 bits per heavy atom. The molecule has 0 aliphatic carbocycles. The van der Waals surface area contributed by atoms with E-state index in [-0.39, 0.29) is 12.0 Å². The van der Waals surface area contributed by atoms with Crippen LogP contribution in [-0.4, -0.2) is 63.0 Å². The Balaban J connectivity index is 1.50. The number of fused-ring (bicyclic) bond motifs is 1. The highest BCUT2D eigenvalue weighted by Gasteiger charge is 2.23. The van der Waals surface area contributed by atoms with E-state index in [9.17, 15) is 4.79 Å². The maximum Gasteiger partial charge on any atom is 0.274 e. The molecule has 2 aromatic heterocycles. The highest BCUT2D eigenvalue weighted by atomic mass is 16.5. The Kier molecular flexibility index (Phi) is 5.01. The van der Waals surface area contributed by atoms with Gasteiger partial charge in [-0.25, -0.2) is 15.0 Å². The third-order valence-electron chi connectivity index (χ3n) is 4.64. The predicted octanol–water partition coefficient (Wildman–Crippen LogP) is 2.17. The monoisotopic (exact) mass is 378 g/mol. The van der Waals surface area contributed by atoms with Crippen LogP contribution in [0.1, 0.15) is 24.3 Å². The van der Waals surface area contributed by atoms with Gasteiger partial charge in [0, 0.05) is 44.3 Å². The van der Waals surface area contributed by atoms with E-state index >= 15 is 0 Å². The molecule has 1 aliphatic heterocycles. The molecule has 0 bridgehead atoms. The molecule has 0 N–H and O–H groups in total. The smallest absolute Gasteiger partial charge is 0.274 e. The van der Waals surface area contributed by atoms with Crippen LogP contribution < -0.4 is 9.64 Å². The topological polar surface area (TPSA) is 84.3 Å². The molecule has 8 heteroatoms. The van der Waals surface area contributed by atoms with Gasteiger partial charge in [0.2, 0.25) is 5.88 Å². The molecule has 0 atom stereocenters. The van der Waals surface area contributed by atoms with Crippen molar-refractivity contribution in [2.24, 2.45) is 0 Å². The third-order valence-corrected chi connectivity index (χ3v) is 4.64. The van der Waals surface area contributed by atoms with Gasteiger partial charge in [-0.3, -0.25) is 9.78 Å². The molecule has 4 rings (SSSR count). The molecule has 0 unspecified atom stereocenters. The van der Waals surface area contributed by atoms with Crippen LogP contribution in [0.25, 0.3) is 10.9 Å². The summed E-state index contributed by atoms with van der Waals surface area (Å²) < 4.78 is 5.83. The van der Waals surface area contributed by atoms with Crippen LogP contribution in [0, 0.1) is 0 Å². The molecule has 144 valence electrons. The quantitative estimate of drug-likeness (QED) is 0.688. The van der Waals surface area contributed by atoms with E-state index in [1.807, 2.05) is 24.8 Å². The highest BCUT2D eigenvalue weighted by molar-refractivity contribution is 5.92. The number of amides is 1. The number of hydrogen-bond acceptors (Lipinski definition) is 7. The molecule has 3 aromatic rings. The van der Waals surface area contributed by atoms with Crippen LogP contribution in [0.15, 0.2) is 43.1 Å². The van der Waals surface area contributed by atoms with Crippen molar-refractivity contribution >= 4 is 22.5 Å².